The van der Waals surface area contributed by atoms with Crippen LogP contribution in [-0.4, -0.2) is 0 Å². The van der Waals surface area contributed by atoms with Crippen molar-refractivity contribution >= 4 is 11.6 Å². The highest BCUT2D eigenvalue weighted by atomic mass is 35.5. The monoisotopic (exact) mass is 125 g/mol. The van der Waals surface area contributed by atoms with Crippen molar-refractivity contribution in [2.45, 2.75) is 6.92 Å². The van der Waals surface area contributed by atoms with Crippen molar-refractivity contribution in [3.05, 3.63) is 34.9 Å². The first-order chi connectivity index (χ1) is 3.79. The quantitative estimate of drug-likeness (QED) is 0.436. The van der Waals surface area contributed by atoms with Gasteiger partial charge in [0.1, 0.15) is 11.6 Å². The van der Waals surface area contributed by atoms with Crippen molar-refractivity contribution in [1.82, 2.24) is 0 Å². The topological polar surface area (TPSA) is 0 Å². The van der Waals surface area contributed by atoms with Crippen LogP contribution in [0.2, 0.25) is 0 Å². The van der Waals surface area contributed by atoms with Gasteiger partial charge >= 0.3 is 0 Å². The molecule has 0 aromatic carbocycles. The summed E-state index contributed by atoms with van der Waals surface area (Å²) in [6.07, 6.45) is 8.50. The Kier molecular flexibility index (Phi) is 1.48. The summed E-state index contributed by atoms with van der Waals surface area (Å²) in [5.74, 6) is 0. The molecule has 0 radical (unpaired) electrons. The fraction of sp³-hybridized carbons (Fsp3) is 0.143. The molecule has 1 heteroatoms. The van der Waals surface area contributed by atoms with Gasteiger partial charge in [-0.1, -0.05) is 11.6 Å². The third-order valence-electron chi connectivity index (χ3n) is 0.908. The molecule has 40 valence electrons. The van der Waals surface area contributed by atoms with Crippen LogP contribution in [0.5, 0.6) is 0 Å². The predicted octanol–water partition coefficient (Wildman–Crippen LogP) is 2.43. The molecule has 1 aliphatic carbocycles. The maximum atomic E-state index is 5.62. The van der Waals surface area contributed by atoms with Crippen LogP contribution in [0.15, 0.2) is 28.8 Å². The molecule has 0 saturated carbocycles. The second kappa shape index (κ2) is 2.13. The van der Waals surface area contributed by atoms with Gasteiger partial charge in [-0.15, -0.1) is 0 Å². The summed E-state index contributed by atoms with van der Waals surface area (Å²) in [5, 5.41) is 0.779. The molecule has 0 aromatic rings. The summed E-state index contributed by atoms with van der Waals surface area (Å²) in [6, 6.07) is 0. The van der Waals surface area contributed by atoms with E-state index in [9.17, 15) is 0 Å². The molecular formula is C7H6Cl+. The first-order valence-corrected chi connectivity index (χ1v) is 2.80. The van der Waals surface area contributed by atoms with Gasteiger partial charge in [0.15, 0.2) is 5.03 Å². The van der Waals surface area contributed by atoms with Crippen molar-refractivity contribution < 1.29 is 0 Å². The highest BCUT2D eigenvalue weighted by Crippen LogP contribution is 2.11. The Bertz CT molecular complexity index is 170. The number of halogens is 1. The van der Waals surface area contributed by atoms with Gasteiger partial charge in [-0.25, -0.2) is 0 Å². The third kappa shape index (κ3) is 1.19. The molecule has 0 spiro atoms. The van der Waals surface area contributed by atoms with E-state index in [1.807, 2.05) is 25.2 Å². The van der Waals surface area contributed by atoms with Gasteiger partial charge in [-0.2, -0.15) is 0 Å². The molecule has 0 heterocycles. The number of hydrogen-bond donors (Lipinski definition) is 0. The van der Waals surface area contributed by atoms with E-state index < -0.39 is 0 Å². The van der Waals surface area contributed by atoms with Crippen molar-refractivity contribution in [3.8, 4) is 0 Å². The molecule has 8 heavy (non-hydrogen) atoms. The average Bonchev–Trinajstić information content (AvgIpc) is 1.64. The summed E-state index contributed by atoms with van der Waals surface area (Å²) >= 11 is 5.62. The van der Waals surface area contributed by atoms with Crippen molar-refractivity contribution in [2.75, 3.05) is 0 Å². The van der Waals surface area contributed by atoms with E-state index in [0.717, 1.165) is 10.6 Å². The zero-order valence-corrected chi connectivity index (χ0v) is 5.37. The number of rotatable bonds is 0. The molecule has 0 atom stereocenters. The van der Waals surface area contributed by atoms with E-state index in [4.69, 9.17) is 11.6 Å². The van der Waals surface area contributed by atoms with Gasteiger partial charge in [0, 0.05) is 6.08 Å². The normalized spacial score (nSPS) is 16.8. The summed E-state index contributed by atoms with van der Waals surface area (Å²) < 4.78 is 0. The second-order valence-corrected chi connectivity index (χ2v) is 2.13. The lowest BCUT2D eigenvalue weighted by Crippen LogP contribution is -1.75. The van der Waals surface area contributed by atoms with Gasteiger partial charge in [0.2, 0.25) is 0 Å². The summed E-state index contributed by atoms with van der Waals surface area (Å²) in [4.78, 5) is 0. The Hall–Kier alpha value is -0.580. The molecular weight excluding hydrogens is 120 g/mol. The van der Waals surface area contributed by atoms with Crippen LogP contribution in [0, 0.1) is 6.08 Å². The van der Waals surface area contributed by atoms with E-state index >= 15 is 0 Å². The fourth-order valence-electron chi connectivity index (χ4n) is 0.549. The van der Waals surface area contributed by atoms with Crippen molar-refractivity contribution in [3.63, 3.8) is 0 Å². The van der Waals surface area contributed by atoms with Crippen LogP contribution in [0.4, 0.5) is 0 Å². The maximum Gasteiger partial charge on any atom is 0.151 e. The highest BCUT2D eigenvalue weighted by Gasteiger charge is 2.01. The number of allylic oxidation sites excluding steroid dienone is 6. The Labute approximate surface area is 54.2 Å². The molecule has 0 nitrogen and oxygen atoms in total. The van der Waals surface area contributed by atoms with E-state index in [1.54, 1.807) is 0 Å². The molecule has 1 rings (SSSR count). The maximum absolute atomic E-state index is 5.62. The molecule has 0 bridgehead atoms. The van der Waals surface area contributed by atoms with Crippen molar-refractivity contribution in [1.29, 1.82) is 0 Å². The van der Waals surface area contributed by atoms with Gasteiger partial charge in [-0.05, 0) is 6.92 Å². The third-order valence-corrected chi connectivity index (χ3v) is 1.14. The number of hydrogen-bond acceptors (Lipinski definition) is 0. The minimum Gasteiger partial charge on any atom is -0.0525 e. The van der Waals surface area contributed by atoms with Crippen LogP contribution in [0.3, 0.4) is 0 Å². The van der Waals surface area contributed by atoms with Gasteiger partial charge in [-0.3, -0.25) is 0 Å². The Morgan fingerprint density at radius 1 is 1.62 bits per heavy atom. The zero-order chi connectivity index (χ0) is 5.98. The smallest absolute Gasteiger partial charge is 0.0525 e. The van der Waals surface area contributed by atoms with Crippen molar-refractivity contribution in [2.24, 2.45) is 0 Å². The lowest BCUT2D eigenvalue weighted by molar-refractivity contribution is 1.46. The average molecular weight is 126 g/mol. The summed E-state index contributed by atoms with van der Waals surface area (Å²) in [5.41, 5.74) is 1.08. The van der Waals surface area contributed by atoms with Gasteiger partial charge < -0.3 is 0 Å². The minimum absolute atomic E-state index is 0.779. The molecule has 0 N–H and O–H groups in total. The van der Waals surface area contributed by atoms with Crippen LogP contribution >= 0.6 is 11.6 Å². The fourth-order valence-corrected chi connectivity index (χ4v) is 0.776. The van der Waals surface area contributed by atoms with E-state index in [2.05, 4.69) is 6.08 Å². The van der Waals surface area contributed by atoms with E-state index in [1.165, 1.54) is 0 Å². The first-order valence-electron chi connectivity index (χ1n) is 2.43. The molecule has 1 aliphatic rings. The van der Waals surface area contributed by atoms with Gasteiger partial charge in [0.05, 0.1) is 12.2 Å². The van der Waals surface area contributed by atoms with Crippen LogP contribution in [0.1, 0.15) is 6.92 Å². The lowest BCUT2D eigenvalue weighted by atomic mass is 10.2. The Balaban J connectivity index is 2.89. The molecule has 0 aliphatic heterocycles. The SMILES string of the molecule is CC1=[C+]C=CC(Cl)=C1. The van der Waals surface area contributed by atoms with Crippen LogP contribution in [0.25, 0.3) is 0 Å². The van der Waals surface area contributed by atoms with E-state index in [-0.39, 0.29) is 0 Å². The lowest BCUT2D eigenvalue weighted by Gasteiger charge is -1.83. The zero-order valence-electron chi connectivity index (χ0n) is 4.61. The second-order valence-electron chi connectivity index (χ2n) is 1.69. The molecule has 0 saturated heterocycles. The molecule has 0 aromatic heterocycles. The molecule has 0 amide bonds. The Morgan fingerprint density at radius 3 is 2.75 bits per heavy atom. The first kappa shape index (κ1) is 5.55. The van der Waals surface area contributed by atoms with Crippen LogP contribution in [-0.2, 0) is 0 Å². The summed E-state index contributed by atoms with van der Waals surface area (Å²) in [6.45, 7) is 1.96. The summed E-state index contributed by atoms with van der Waals surface area (Å²) in [7, 11) is 0. The van der Waals surface area contributed by atoms with Crippen LogP contribution < -0.4 is 0 Å². The van der Waals surface area contributed by atoms with E-state index in [0.29, 0.717) is 0 Å². The standard InChI is InChI=1S/C7H6Cl/c1-6-3-2-4-7(8)5-6/h2,4-5H,1H3/q+1. The van der Waals surface area contributed by atoms with Gasteiger partial charge in [0.25, 0.3) is 0 Å². The Morgan fingerprint density at radius 2 is 2.38 bits per heavy atom. The predicted molar refractivity (Wildman–Crippen MR) is 35.5 cm³/mol. The molecule has 0 unspecified atom stereocenters. The molecule has 0 fully saturated rings. The minimum atomic E-state index is 0.779. The highest BCUT2D eigenvalue weighted by molar-refractivity contribution is 6.31. The largest absolute Gasteiger partial charge is 0.151 e.